The highest BCUT2D eigenvalue weighted by molar-refractivity contribution is 7.72. The second-order valence-electron chi connectivity index (χ2n) is 7.85. The van der Waals surface area contributed by atoms with Crippen LogP contribution in [-0.2, 0) is 9.13 Å². The molecule has 1 fully saturated rings. The first-order valence-electron chi connectivity index (χ1n) is 6.83. The van der Waals surface area contributed by atoms with E-state index in [2.05, 4.69) is 0 Å². The lowest BCUT2D eigenvalue weighted by Gasteiger charge is -2.46. The van der Waals surface area contributed by atoms with Gasteiger partial charge in [0.25, 0.3) is 5.08 Å². The molecule has 1 aliphatic rings. The van der Waals surface area contributed by atoms with Crippen molar-refractivity contribution >= 4 is 15.2 Å². The van der Waals surface area contributed by atoms with E-state index in [0.29, 0.717) is 12.8 Å². The molecule has 0 amide bonds. The normalized spacial score (nSPS) is 24.0. The van der Waals surface area contributed by atoms with E-state index in [-0.39, 0.29) is 16.7 Å². The van der Waals surface area contributed by atoms with Gasteiger partial charge in [0.1, 0.15) is 0 Å². The molecule has 0 aromatic carbocycles. The Kier molecular flexibility index (Phi) is 4.98. The molecule has 0 aliphatic heterocycles. The first-order valence-corrected chi connectivity index (χ1v) is 10.1. The minimum absolute atomic E-state index is 0.114. The smallest absolute Gasteiger partial charge is 0.368 e. The predicted octanol–water partition coefficient (Wildman–Crippen LogP) is 2.23. The Labute approximate surface area is 125 Å². The zero-order chi connectivity index (χ0) is 16.9. The molecule has 0 saturated heterocycles. The maximum absolute atomic E-state index is 11.4. The van der Waals surface area contributed by atoms with Gasteiger partial charge < -0.3 is 24.7 Å². The van der Waals surface area contributed by atoms with Crippen molar-refractivity contribution in [1.82, 2.24) is 0 Å². The second-order valence-corrected chi connectivity index (χ2v) is 11.9. The van der Waals surface area contributed by atoms with Crippen molar-refractivity contribution in [3.05, 3.63) is 0 Å². The Morgan fingerprint density at radius 3 is 1.57 bits per heavy atom. The molecule has 0 aromatic rings. The largest absolute Gasteiger partial charge is 0.369 e. The topological polar surface area (TPSA) is 135 Å². The van der Waals surface area contributed by atoms with Crippen LogP contribution in [-0.4, -0.2) is 29.8 Å². The van der Waals surface area contributed by atoms with Crippen LogP contribution in [0, 0.1) is 16.7 Å². The van der Waals surface area contributed by atoms with Crippen LogP contribution in [0.1, 0.15) is 53.4 Å². The van der Waals surface area contributed by atoms with Gasteiger partial charge in [-0.2, -0.15) is 0 Å². The fourth-order valence-corrected chi connectivity index (χ4v) is 6.36. The molecule has 7 nitrogen and oxygen atoms in total. The van der Waals surface area contributed by atoms with Crippen LogP contribution in [0.4, 0.5) is 0 Å². The Morgan fingerprint density at radius 2 is 1.29 bits per heavy atom. The van der Waals surface area contributed by atoms with Crippen LogP contribution in [0.25, 0.3) is 0 Å². The fraction of sp³-hybridized carbons (Fsp3) is 1.00. The summed E-state index contributed by atoms with van der Waals surface area (Å²) in [4.78, 5) is 36.9. The monoisotopic (exact) mass is 344 g/mol. The predicted molar refractivity (Wildman–Crippen MR) is 78.6 cm³/mol. The molecule has 21 heavy (non-hydrogen) atoms. The summed E-state index contributed by atoms with van der Waals surface area (Å²) in [6, 6.07) is 0. The molecule has 126 valence electrons. The highest BCUT2D eigenvalue weighted by atomic mass is 31.2. The van der Waals surface area contributed by atoms with Gasteiger partial charge in [-0.3, -0.25) is 9.13 Å². The summed E-state index contributed by atoms with van der Waals surface area (Å²) in [6.45, 7) is 8.04. The van der Waals surface area contributed by atoms with E-state index in [1.165, 1.54) is 0 Å². The van der Waals surface area contributed by atoms with Crippen LogP contribution >= 0.6 is 15.2 Å². The van der Waals surface area contributed by atoms with Gasteiger partial charge in [-0.1, -0.05) is 27.7 Å². The van der Waals surface area contributed by atoms with Gasteiger partial charge in [-0.25, -0.2) is 0 Å². The molecule has 0 atom stereocenters. The summed E-state index contributed by atoms with van der Waals surface area (Å²) >= 11 is 0. The van der Waals surface area contributed by atoms with Gasteiger partial charge in [0.05, 0.1) is 0 Å². The van der Waals surface area contributed by atoms with Crippen molar-refractivity contribution in [2.75, 3.05) is 0 Å². The summed E-state index contributed by atoms with van der Waals surface area (Å²) in [7, 11) is -10.7. The quantitative estimate of drug-likeness (QED) is 0.493. The fourth-order valence-electron chi connectivity index (χ4n) is 4.01. The van der Waals surface area contributed by atoms with Crippen molar-refractivity contribution in [2.24, 2.45) is 16.7 Å². The second kappa shape index (κ2) is 5.41. The Hall–Kier alpha value is 0.260. The molecule has 0 radical (unpaired) electrons. The zero-order valence-corrected chi connectivity index (χ0v) is 14.6. The summed E-state index contributed by atoms with van der Waals surface area (Å²) in [5, 5.41) is 6.75. The Bertz CT molecular complexity index is 450. The van der Waals surface area contributed by atoms with E-state index in [9.17, 15) is 33.8 Å². The molecule has 9 heteroatoms. The molecule has 1 aliphatic carbocycles. The number of hydrogen-bond acceptors (Lipinski definition) is 3. The van der Waals surface area contributed by atoms with Crippen molar-refractivity contribution < 1.29 is 33.8 Å². The molecule has 0 heterocycles. The summed E-state index contributed by atoms with van der Waals surface area (Å²) in [5.41, 5.74) is -0.228. The molecule has 0 aromatic heterocycles. The average Bonchev–Trinajstić information content (AvgIpc) is 2.07. The van der Waals surface area contributed by atoms with E-state index in [0.717, 1.165) is 6.42 Å². The third-order valence-corrected chi connectivity index (χ3v) is 7.93. The zero-order valence-electron chi connectivity index (χ0n) is 12.9. The van der Waals surface area contributed by atoms with Crippen LogP contribution < -0.4 is 0 Å². The third-order valence-electron chi connectivity index (χ3n) is 4.14. The van der Waals surface area contributed by atoms with Gasteiger partial charge in [0.15, 0.2) is 0 Å². The first-order chi connectivity index (χ1) is 8.99. The van der Waals surface area contributed by atoms with Crippen molar-refractivity contribution in [3.63, 3.8) is 0 Å². The van der Waals surface area contributed by atoms with Crippen LogP contribution in [0.2, 0.25) is 0 Å². The molecule has 5 N–H and O–H groups in total. The van der Waals surface area contributed by atoms with Gasteiger partial charge >= 0.3 is 15.2 Å². The van der Waals surface area contributed by atoms with Crippen molar-refractivity contribution in [2.45, 2.75) is 58.5 Å². The van der Waals surface area contributed by atoms with Crippen molar-refractivity contribution in [1.29, 1.82) is 0 Å². The SMILES string of the molecule is CC1(C)CC(CC(O)(P(=O)(O)O)P(=O)(O)O)CC(C)(C)C1. The lowest BCUT2D eigenvalue weighted by molar-refractivity contribution is 0.0306. The van der Waals surface area contributed by atoms with E-state index < -0.39 is 26.7 Å². The molecule has 1 saturated carbocycles. The minimum Gasteiger partial charge on any atom is -0.368 e. The molecule has 0 bridgehead atoms. The molecular weight excluding hydrogens is 318 g/mol. The van der Waals surface area contributed by atoms with Crippen LogP contribution in [0.3, 0.4) is 0 Å². The Morgan fingerprint density at radius 1 is 0.952 bits per heavy atom. The summed E-state index contributed by atoms with van der Waals surface area (Å²) < 4.78 is 22.9. The molecular formula is C12H26O7P2. The van der Waals surface area contributed by atoms with Gasteiger partial charge in [-0.15, -0.1) is 0 Å². The lowest BCUT2D eigenvalue weighted by atomic mass is 9.61. The number of hydrogen-bond donors (Lipinski definition) is 5. The average molecular weight is 344 g/mol. The van der Waals surface area contributed by atoms with E-state index in [4.69, 9.17) is 0 Å². The first kappa shape index (κ1) is 19.3. The van der Waals surface area contributed by atoms with E-state index >= 15 is 0 Å². The maximum atomic E-state index is 11.4. The number of aliphatic hydroxyl groups is 1. The van der Waals surface area contributed by atoms with Crippen LogP contribution in [0.15, 0.2) is 0 Å². The summed E-state index contributed by atoms with van der Waals surface area (Å²) in [6.07, 6.45) is 1.41. The highest BCUT2D eigenvalue weighted by Crippen LogP contribution is 2.70. The molecule has 0 spiro atoms. The molecule has 0 unspecified atom stereocenters. The number of rotatable bonds is 4. The van der Waals surface area contributed by atoms with E-state index in [1.54, 1.807) is 0 Å². The standard InChI is InChI=1S/C12H26O7P2/c1-10(2)5-9(6-11(3,4)8-10)7-12(13,20(14,15)16)21(17,18)19/h9,13H,5-8H2,1-4H3,(H2,14,15,16)(H2,17,18,19). The highest BCUT2D eigenvalue weighted by Gasteiger charge is 2.60. The van der Waals surface area contributed by atoms with Gasteiger partial charge in [0, 0.05) is 6.42 Å². The lowest BCUT2D eigenvalue weighted by Crippen LogP contribution is -2.39. The maximum Gasteiger partial charge on any atom is 0.369 e. The van der Waals surface area contributed by atoms with Gasteiger partial charge in [-0.05, 0) is 36.0 Å². The molecule has 1 rings (SSSR count). The van der Waals surface area contributed by atoms with Gasteiger partial charge in [0.2, 0.25) is 0 Å². The third kappa shape index (κ3) is 4.38. The van der Waals surface area contributed by atoms with E-state index in [1.807, 2.05) is 27.7 Å². The van der Waals surface area contributed by atoms with Crippen LogP contribution in [0.5, 0.6) is 0 Å². The Balaban J connectivity index is 3.11. The summed E-state index contributed by atoms with van der Waals surface area (Å²) in [5.74, 6) is -0.367. The van der Waals surface area contributed by atoms with Crippen molar-refractivity contribution in [3.8, 4) is 0 Å². The minimum atomic E-state index is -5.37.